The number of fused-ring (bicyclic) bond motifs is 6. The number of carbonyl (C=O) groups is 1. The summed E-state index contributed by atoms with van der Waals surface area (Å²) in [5.74, 6) is 1.00. The summed E-state index contributed by atoms with van der Waals surface area (Å²) in [4.78, 5) is 26.9. The number of benzene rings is 4. The Morgan fingerprint density at radius 3 is 2.00 bits per heavy atom. The summed E-state index contributed by atoms with van der Waals surface area (Å²) in [6.45, 7) is 20.4. The number of furan rings is 1. The minimum absolute atomic E-state index is 0. The van der Waals surface area contributed by atoms with Crippen molar-refractivity contribution >= 4 is 49.5 Å². The van der Waals surface area contributed by atoms with Gasteiger partial charge in [0.1, 0.15) is 11.6 Å². The molecule has 1 N–H and O–H groups in total. The van der Waals surface area contributed by atoms with Crippen LogP contribution in [0, 0.1) is 44.6 Å². The largest absolute Gasteiger partial charge is 0.512 e. The predicted octanol–water partition coefficient (Wildman–Crippen LogP) is 13.1. The molecule has 0 bridgehead atoms. The van der Waals surface area contributed by atoms with Crippen LogP contribution in [0.15, 0.2) is 89.0 Å². The van der Waals surface area contributed by atoms with E-state index in [0.29, 0.717) is 11.5 Å². The van der Waals surface area contributed by atoms with Crippen molar-refractivity contribution in [2.75, 3.05) is 0 Å². The zero-order valence-electron chi connectivity index (χ0n) is 33.8. The van der Waals surface area contributed by atoms with Gasteiger partial charge in [-0.25, -0.2) is 9.97 Å². The summed E-state index contributed by atoms with van der Waals surface area (Å²) in [7, 11) is 0. The number of ketones is 1. The molecule has 7 aromatic rings. The van der Waals surface area contributed by atoms with E-state index in [9.17, 15) is 9.90 Å². The number of hydrogen-bond donors (Lipinski definition) is 1. The van der Waals surface area contributed by atoms with Crippen molar-refractivity contribution in [3.8, 4) is 22.5 Å². The van der Waals surface area contributed by atoms with Gasteiger partial charge in [-0.2, -0.15) is 0 Å². The van der Waals surface area contributed by atoms with Crippen molar-refractivity contribution in [3.05, 3.63) is 113 Å². The minimum atomic E-state index is -0.337. The van der Waals surface area contributed by atoms with Gasteiger partial charge in [-0.1, -0.05) is 101 Å². The van der Waals surface area contributed by atoms with E-state index in [1.54, 1.807) is 0 Å². The van der Waals surface area contributed by atoms with Gasteiger partial charge in [-0.15, -0.1) is 18.2 Å². The van der Waals surface area contributed by atoms with Gasteiger partial charge >= 0.3 is 0 Å². The topological polar surface area (TPSA) is 89.1 Å². The number of rotatable bonds is 9. The summed E-state index contributed by atoms with van der Waals surface area (Å²) in [6.07, 6.45) is 4.75. The maximum Gasteiger partial charge on any atom is 0.216 e. The first-order chi connectivity index (χ1) is 25.8. The standard InChI is InChI=1S/C33H24N3O.C15H28O2.Ir/c1-18-9-7-10-19(2)29(18)28-16-15-25-24-13-8-14-26(32(24)37-33(25)36-28)31-27-17-20(3)22-11-5-6-12-23(22)30(27)34-21(4)35-31;1-7-14(5,8-2)12(16)11-13(17)15(6,9-3)10-4;/h5-13,15-17H,1-4H3;11,16H,7-10H2,1-6H3;/q-1;;/b;12-11-;. The van der Waals surface area contributed by atoms with Crippen molar-refractivity contribution in [1.82, 2.24) is 15.0 Å². The van der Waals surface area contributed by atoms with Crippen LogP contribution >= 0.6 is 0 Å². The van der Waals surface area contributed by atoms with Crippen molar-refractivity contribution in [2.45, 2.75) is 94.9 Å². The molecule has 0 saturated heterocycles. The first-order valence-electron chi connectivity index (χ1n) is 19.2. The van der Waals surface area contributed by atoms with E-state index in [-0.39, 0.29) is 42.5 Å². The molecule has 0 unspecified atom stereocenters. The Kier molecular flexibility index (Phi) is 12.5. The quantitative estimate of drug-likeness (QED) is 0.0672. The molecule has 0 aliphatic rings. The third-order valence-corrected chi connectivity index (χ3v) is 11.9. The normalized spacial score (nSPS) is 12.2. The second-order valence-electron chi connectivity index (χ2n) is 15.2. The number of carbonyl (C=O) groups excluding carboxylic acids is 1. The molecule has 0 aliphatic carbocycles. The van der Waals surface area contributed by atoms with E-state index in [1.807, 2.05) is 60.6 Å². The van der Waals surface area contributed by atoms with Gasteiger partial charge < -0.3 is 9.52 Å². The molecule has 6 nitrogen and oxygen atoms in total. The molecule has 0 fully saturated rings. The average Bonchev–Trinajstić information content (AvgIpc) is 3.56. The zero-order valence-corrected chi connectivity index (χ0v) is 36.2. The maximum atomic E-state index is 12.2. The van der Waals surface area contributed by atoms with Crippen molar-refractivity contribution in [2.24, 2.45) is 10.8 Å². The number of aryl methyl sites for hydroxylation is 4. The summed E-state index contributed by atoms with van der Waals surface area (Å²) >= 11 is 0. The molecule has 0 spiro atoms. The van der Waals surface area contributed by atoms with Gasteiger partial charge in [0, 0.05) is 59.0 Å². The van der Waals surface area contributed by atoms with Crippen LogP contribution in [0.2, 0.25) is 0 Å². The van der Waals surface area contributed by atoms with Crippen molar-refractivity contribution in [1.29, 1.82) is 0 Å². The Morgan fingerprint density at radius 2 is 1.36 bits per heavy atom. The third-order valence-electron chi connectivity index (χ3n) is 11.9. The molecule has 0 amide bonds. The predicted molar refractivity (Wildman–Crippen MR) is 224 cm³/mol. The summed E-state index contributed by atoms with van der Waals surface area (Å²) in [5, 5.41) is 15.4. The van der Waals surface area contributed by atoms with E-state index in [0.717, 1.165) is 80.8 Å². The first kappa shape index (κ1) is 41.5. The summed E-state index contributed by atoms with van der Waals surface area (Å²) in [6, 6.07) is 28.5. The Balaban J connectivity index is 0.000000276. The number of hydrogen-bond acceptors (Lipinski definition) is 6. The van der Waals surface area contributed by atoms with Gasteiger partial charge in [0.2, 0.25) is 5.71 Å². The van der Waals surface area contributed by atoms with Gasteiger partial charge in [-0.05, 0) is 93.0 Å². The SMILES string of the molecule is CCC(C)(CC)C(=O)/C=C(\O)C(C)(CC)CC.Cc1nc(-c2[c-]ccc3c2oc2nc(-c4c(C)cccc4C)ccc23)c2cc(C)c3ccccc3c2n1.[Ir]. The van der Waals surface area contributed by atoms with Crippen LogP contribution in [0.1, 0.15) is 89.7 Å². The minimum Gasteiger partial charge on any atom is -0.512 e. The summed E-state index contributed by atoms with van der Waals surface area (Å²) in [5.41, 5.74) is 9.01. The molecule has 7 rings (SSSR count). The van der Waals surface area contributed by atoms with E-state index >= 15 is 0 Å². The first-order valence-corrected chi connectivity index (χ1v) is 19.2. The smallest absolute Gasteiger partial charge is 0.216 e. The molecule has 0 atom stereocenters. The van der Waals surface area contributed by atoms with Crippen LogP contribution in [0.25, 0.3) is 66.3 Å². The van der Waals surface area contributed by atoms with Crippen LogP contribution in [-0.4, -0.2) is 25.8 Å². The van der Waals surface area contributed by atoms with Crippen molar-refractivity contribution in [3.63, 3.8) is 0 Å². The van der Waals surface area contributed by atoms with Crippen LogP contribution in [-0.2, 0) is 24.9 Å². The van der Waals surface area contributed by atoms with Crippen LogP contribution < -0.4 is 0 Å². The second-order valence-corrected chi connectivity index (χ2v) is 15.2. The monoisotopic (exact) mass is 911 g/mol. The van der Waals surface area contributed by atoms with E-state index in [4.69, 9.17) is 19.4 Å². The van der Waals surface area contributed by atoms with Crippen LogP contribution in [0.5, 0.6) is 0 Å². The number of pyridine rings is 1. The second kappa shape index (κ2) is 16.6. The van der Waals surface area contributed by atoms with E-state index < -0.39 is 0 Å². The molecule has 0 aliphatic heterocycles. The molecule has 1 radical (unpaired) electrons. The molecule has 0 saturated carbocycles. The Hall–Kier alpha value is -4.71. The van der Waals surface area contributed by atoms with E-state index in [1.165, 1.54) is 28.2 Å². The average molecular weight is 911 g/mol. The Morgan fingerprint density at radius 1 is 0.727 bits per heavy atom. The molecule has 287 valence electrons. The Labute approximate surface area is 338 Å². The van der Waals surface area contributed by atoms with E-state index in [2.05, 4.69) is 87.5 Å². The number of aliphatic hydroxyl groups is 1. The van der Waals surface area contributed by atoms with Gasteiger partial charge in [0.25, 0.3) is 0 Å². The molecule has 4 aromatic carbocycles. The molecule has 3 heterocycles. The maximum absolute atomic E-state index is 12.2. The fourth-order valence-corrected chi connectivity index (χ4v) is 7.28. The number of aromatic nitrogens is 3. The summed E-state index contributed by atoms with van der Waals surface area (Å²) < 4.78 is 6.48. The van der Waals surface area contributed by atoms with Gasteiger partial charge in [0.05, 0.1) is 16.8 Å². The van der Waals surface area contributed by atoms with Crippen molar-refractivity contribution < 1.29 is 34.4 Å². The number of aliphatic hydroxyl groups excluding tert-OH is 1. The molecule has 55 heavy (non-hydrogen) atoms. The third kappa shape index (κ3) is 7.75. The number of nitrogens with zero attached hydrogens (tertiary/aromatic N) is 3. The van der Waals surface area contributed by atoms with Crippen LogP contribution in [0.3, 0.4) is 0 Å². The molecule has 7 heteroatoms. The molecular formula is C48H52IrN3O3-. The van der Waals surface area contributed by atoms with Crippen LogP contribution in [0.4, 0.5) is 0 Å². The van der Waals surface area contributed by atoms with Gasteiger partial charge in [0.15, 0.2) is 5.78 Å². The zero-order chi connectivity index (χ0) is 38.9. The number of allylic oxidation sites excluding steroid dienone is 2. The fraction of sp³-hybridized carbons (Fsp3) is 0.333. The molecular weight excluding hydrogens is 859 g/mol. The Bertz CT molecular complexity index is 2540. The molecule has 3 aromatic heterocycles. The fourth-order valence-electron chi connectivity index (χ4n) is 7.28. The van der Waals surface area contributed by atoms with Gasteiger partial charge in [-0.3, -0.25) is 9.78 Å².